The van der Waals surface area contributed by atoms with Crippen molar-refractivity contribution in [2.45, 2.75) is 33.2 Å². The summed E-state index contributed by atoms with van der Waals surface area (Å²) in [6.07, 6.45) is 0.0818. The molecule has 0 fully saturated rings. The molecule has 0 aromatic heterocycles. The largest absolute Gasteiger partial charge is 0.393 e. The number of carbonyl (C=O) groups is 2. The van der Waals surface area contributed by atoms with E-state index in [-0.39, 0.29) is 18.4 Å². The van der Waals surface area contributed by atoms with Crippen LogP contribution >= 0.6 is 0 Å². The Hall–Kier alpha value is -0.900. The van der Waals surface area contributed by atoms with E-state index >= 15 is 0 Å². The zero-order valence-corrected chi connectivity index (χ0v) is 7.66. The van der Waals surface area contributed by atoms with Crippen LogP contribution in [-0.4, -0.2) is 18.0 Å². The minimum Gasteiger partial charge on any atom is -0.393 e. The molecule has 0 saturated carbocycles. The molecular formula is C8H15NO3. The van der Waals surface area contributed by atoms with Gasteiger partial charge in [-0.25, -0.2) is 0 Å². The molecule has 1 atom stereocenters. The summed E-state index contributed by atoms with van der Waals surface area (Å²) < 4.78 is 4.46. The first kappa shape index (κ1) is 11.1. The summed E-state index contributed by atoms with van der Waals surface area (Å²) >= 11 is 0. The topological polar surface area (TPSA) is 69.4 Å². The first-order valence-electron chi connectivity index (χ1n) is 3.93. The molecule has 0 aliphatic heterocycles. The van der Waals surface area contributed by atoms with Crippen molar-refractivity contribution in [1.29, 1.82) is 0 Å². The highest BCUT2D eigenvalue weighted by molar-refractivity contribution is 5.86. The third-order valence-electron chi connectivity index (χ3n) is 1.17. The molecule has 4 nitrogen and oxygen atoms in total. The number of carbonyl (C=O) groups excluding carboxylic acids is 2. The van der Waals surface area contributed by atoms with Gasteiger partial charge < -0.3 is 10.5 Å². The molecule has 0 spiro atoms. The Kier molecular flexibility index (Phi) is 4.51. The van der Waals surface area contributed by atoms with Gasteiger partial charge >= 0.3 is 11.9 Å². The number of esters is 2. The highest BCUT2D eigenvalue weighted by atomic mass is 16.6. The number of hydrogen-bond acceptors (Lipinski definition) is 4. The molecular weight excluding hydrogens is 158 g/mol. The predicted molar refractivity (Wildman–Crippen MR) is 44.2 cm³/mol. The molecule has 4 heteroatoms. The van der Waals surface area contributed by atoms with Crippen LogP contribution in [0.4, 0.5) is 0 Å². The van der Waals surface area contributed by atoms with E-state index in [0.717, 1.165) is 0 Å². The van der Waals surface area contributed by atoms with E-state index < -0.39 is 11.9 Å². The second kappa shape index (κ2) is 4.87. The molecule has 0 aliphatic carbocycles. The molecule has 0 bridgehead atoms. The number of hydrogen-bond donors (Lipinski definition) is 1. The smallest absolute Gasteiger partial charge is 0.316 e. The molecule has 1 unspecified atom stereocenters. The molecule has 0 heterocycles. The van der Waals surface area contributed by atoms with Crippen LogP contribution < -0.4 is 5.73 Å². The van der Waals surface area contributed by atoms with Crippen molar-refractivity contribution >= 4 is 11.9 Å². The molecule has 0 radical (unpaired) electrons. The molecule has 0 aromatic carbocycles. The first-order valence-corrected chi connectivity index (χ1v) is 3.93. The predicted octanol–water partition coefficient (Wildman–Crippen LogP) is 0.449. The molecule has 70 valence electrons. The van der Waals surface area contributed by atoms with Crippen molar-refractivity contribution in [3.63, 3.8) is 0 Å². The van der Waals surface area contributed by atoms with Gasteiger partial charge in [0.25, 0.3) is 0 Å². The van der Waals surface area contributed by atoms with E-state index in [9.17, 15) is 9.59 Å². The minimum absolute atomic E-state index is 0.0818. The summed E-state index contributed by atoms with van der Waals surface area (Å²) in [5.41, 5.74) is 5.33. The van der Waals surface area contributed by atoms with Gasteiger partial charge in [-0.15, -0.1) is 0 Å². The third kappa shape index (κ3) is 4.85. The minimum atomic E-state index is -0.552. The molecule has 0 saturated heterocycles. The Balaban J connectivity index is 3.77. The van der Waals surface area contributed by atoms with E-state index in [0.29, 0.717) is 0 Å². The van der Waals surface area contributed by atoms with E-state index in [1.807, 2.05) is 0 Å². The van der Waals surface area contributed by atoms with E-state index in [4.69, 9.17) is 5.73 Å². The summed E-state index contributed by atoms with van der Waals surface area (Å²) in [6.45, 7) is 5.02. The molecule has 12 heavy (non-hydrogen) atoms. The maximum Gasteiger partial charge on any atom is 0.316 e. The number of nitrogens with two attached hydrogens (primary N) is 1. The van der Waals surface area contributed by atoms with Gasteiger partial charge in [0.15, 0.2) is 0 Å². The highest BCUT2D eigenvalue weighted by Gasteiger charge is 2.14. The maximum absolute atomic E-state index is 10.9. The van der Waals surface area contributed by atoms with Gasteiger partial charge in [0.1, 0.15) is 0 Å². The Morgan fingerprint density at radius 1 is 1.33 bits per heavy atom. The first-order chi connectivity index (χ1) is 5.43. The summed E-state index contributed by atoms with van der Waals surface area (Å²) in [7, 11) is 0. The van der Waals surface area contributed by atoms with Gasteiger partial charge in [-0.2, -0.15) is 0 Å². The normalized spacial score (nSPS) is 12.8. The van der Waals surface area contributed by atoms with Crippen LogP contribution in [-0.2, 0) is 14.3 Å². The van der Waals surface area contributed by atoms with Crippen molar-refractivity contribution in [3.8, 4) is 0 Å². The summed E-state index contributed by atoms with van der Waals surface area (Å²) in [6, 6.07) is -0.266. The fourth-order valence-electron chi connectivity index (χ4n) is 0.535. The fourth-order valence-corrected chi connectivity index (χ4v) is 0.535. The standard InChI is InChI=1S/C8H15NO3/c1-5(2)8(11)12-7(10)4-6(3)9/h5-6H,4,9H2,1-3H3. The van der Waals surface area contributed by atoms with Crippen LogP contribution in [0.2, 0.25) is 0 Å². The zero-order valence-electron chi connectivity index (χ0n) is 7.66. The Bertz CT molecular complexity index is 175. The SMILES string of the molecule is CC(N)CC(=O)OC(=O)C(C)C. The van der Waals surface area contributed by atoms with Gasteiger partial charge in [0.2, 0.25) is 0 Å². The second-order valence-corrected chi connectivity index (χ2v) is 3.13. The number of ether oxygens (including phenoxy) is 1. The average Bonchev–Trinajstić information content (AvgIpc) is 1.84. The van der Waals surface area contributed by atoms with Crippen molar-refractivity contribution in [3.05, 3.63) is 0 Å². The monoisotopic (exact) mass is 173 g/mol. The quantitative estimate of drug-likeness (QED) is 0.497. The van der Waals surface area contributed by atoms with Crippen molar-refractivity contribution in [2.75, 3.05) is 0 Å². The third-order valence-corrected chi connectivity index (χ3v) is 1.17. The van der Waals surface area contributed by atoms with E-state index in [2.05, 4.69) is 4.74 Å². The van der Waals surface area contributed by atoms with Crippen LogP contribution in [0.3, 0.4) is 0 Å². The Morgan fingerprint density at radius 2 is 1.83 bits per heavy atom. The Labute approximate surface area is 72.1 Å². The number of rotatable bonds is 3. The van der Waals surface area contributed by atoms with Crippen LogP contribution in [0.25, 0.3) is 0 Å². The van der Waals surface area contributed by atoms with Gasteiger partial charge in [-0.05, 0) is 6.92 Å². The molecule has 0 aliphatic rings. The molecule has 0 aromatic rings. The molecule has 0 rings (SSSR count). The average molecular weight is 173 g/mol. The lowest BCUT2D eigenvalue weighted by molar-refractivity contribution is -0.162. The van der Waals surface area contributed by atoms with Crippen LogP contribution in [0.5, 0.6) is 0 Å². The molecule has 0 amide bonds. The highest BCUT2D eigenvalue weighted by Crippen LogP contribution is 1.98. The van der Waals surface area contributed by atoms with Gasteiger partial charge in [-0.3, -0.25) is 9.59 Å². The summed E-state index contributed by atoms with van der Waals surface area (Å²) in [4.78, 5) is 21.7. The molecule has 2 N–H and O–H groups in total. The van der Waals surface area contributed by atoms with Gasteiger partial charge in [0, 0.05) is 6.04 Å². The van der Waals surface area contributed by atoms with Gasteiger partial charge in [0.05, 0.1) is 12.3 Å². The van der Waals surface area contributed by atoms with Gasteiger partial charge in [-0.1, -0.05) is 13.8 Å². The van der Waals surface area contributed by atoms with E-state index in [1.165, 1.54) is 0 Å². The van der Waals surface area contributed by atoms with Crippen LogP contribution in [0.1, 0.15) is 27.2 Å². The van der Waals surface area contributed by atoms with Crippen LogP contribution in [0, 0.1) is 5.92 Å². The van der Waals surface area contributed by atoms with Crippen molar-refractivity contribution in [1.82, 2.24) is 0 Å². The van der Waals surface area contributed by atoms with E-state index in [1.54, 1.807) is 20.8 Å². The zero-order chi connectivity index (χ0) is 9.72. The van der Waals surface area contributed by atoms with Crippen molar-refractivity contribution < 1.29 is 14.3 Å². The summed E-state index contributed by atoms with van der Waals surface area (Å²) in [5.74, 6) is -1.33. The lowest BCUT2D eigenvalue weighted by atomic mass is 10.2. The second-order valence-electron chi connectivity index (χ2n) is 3.13. The lowest BCUT2D eigenvalue weighted by Gasteiger charge is -2.06. The summed E-state index contributed by atoms with van der Waals surface area (Å²) in [5, 5.41) is 0. The fraction of sp³-hybridized carbons (Fsp3) is 0.750. The maximum atomic E-state index is 10.9. The van der Waals surface area contributed by atoms with Crippen LogP contribution in [0.15, 0.2) is 0 Å². The lowest BCUT2D eigenvalue weighted by Crippen LogP contribution is -2.24. The van der Waals surface area contributed by atoms with Crippen molar-refractivity contribution in [2.24, 2.45) is 11.7 Å². The Morgan fingerprint density at radius 3 is 2.17 bits per heavy atom.